The quantitative estimate of drug-likeness (QED) is 0.763. The molecule has 82 valence electrons. The van der Waals surface area contributed by atoms with Crippen LogP contribution in [-0.2, 0) is 12.5 Å². The molecule has 0 unspecified atom stereocenters. The summed E-state index contributed by atoms with van der Waals surface area (Å²) in [5.41, 5.74) is 0.809. The van der Waals surface area contributed by atoms with Crippen LogP contribution in [-0.4, -0.2) is 9.97 Å². The van der Waals surface area contributed by atoms with Gasteiger partial charge in [-0.15, -0.1) is 11.6 Å². The van der Waals surface area contributed by atoms with Crippen molar-refractivity contribution < 1.29 is 4.74 Å². The molecule has 1 heterocycles. The molecule has 2 aromatic rings. The second-order valence-corrected chi connectivity index (χ2v) is 3.47. The number of para-hydroxylation sites is 1. The second kappa shape index (κ2) is 5.47. The zero-order valence-electron chi connectivity index (χ0n) is 8.64. The van der Waals surface area contributed by atoms with Crippen molar-refractivity contribution in [3.63, 3.8) is 0 Å². The summed E-state index contributed by atoms with van der Waals surface area (Å²) in [6, 6.07) is 11.4. The van der Waals surface area contributed by atoms with Crippen LogP contribution in [0.1, 0.15) is 11.5 Å². The number of hydrogen-bond acceptors (Lipinski definition) is 3. The summed E-state index contributed by atoms with van der Waals surface area (Å²) in [5.74, 6) is 1.84. The second-order valence-electron chi connectivity index (χ2n) is 3.20. The number of alkyl halides is 1. The first-order chi connectivity index (χ1) is 7.88. The molecule has 0 spiro atoms. The van der Waals surface area contributed by atoms with Gasteiger partial charge in [0.05, 0.1) is 11.6 Å². The topological polar surface area (TPSA) is 35.0 Å². The molecular formula is C12H11ClN2O. The van der Waals surface area contributed by atoms with E-state index in [1.807, 2.05) is 30.3 Å². The van der Waals surface area contributed by atoms with Gasteiger partial charge in [0, 0.05) is 6.20 Å². The molecule has 0 radical (unpaired) electrons. The van der Waals surface area contributed by atoms with Gasteiger partial charge in [-0.05, 0) is 18.2 Å². The fourth-order valence-corrected chi connectivity index (χ4v) is 1.40. The van der Waals surface area contributed by atoms with Crippen molar-refractivity contribution in [3.8, 4) is 5.75 Å². The van der Waals surface area contributed by atoms with Crippen LogP contribution in [0, 0.1) is 0 Å². The van der Waals surface area contributed by atoms with Crippen molar-refractivity contribution in [2.45, 2.75) is 12.5 Å². The summed E-state index contributed by atoms with van der Waals surface area (Å²) >= 11 is 5.68. The maximum atomic E-state index is 5.68. The van der Waals surface area contributed by atoms with Gasteiger partial charge in [-0.1, -0.05) is 18.2 Å². The Hall–Kier alpha value is -1.61. The third-order valence-electron chi connectivity index (χ3n) is 2.01. The summed E-state index contributed by atoms with van der Waals surface area (Å²) < 4.78 is 5.52. The third kappa shape index (κ3) is 2.94. The molecular weight excluding hydrogens is 224 g/mol. The minimum absolute atomic E-state index is 0.356. The first kappa shape index (κ1) is 10.9. The van der Waals surface area contributed by atoms with E-state index < -0.39 is 0 Å². The third-order valence-corrected chi connectivity index (χ3v) is 2.29. The molecule has 0 fully saturated rings. The number of rotatable bonds is 4. The van der Waals surface area contributed by atoms with Crippen molar-refractivity contribution in [2.75, 3.05) is 0 Å². The standard InChI is InChI=1S/C12H11ClN2O/c13-8-10-6-7-14-12(15-10)9-16-11-4-2-1-3-5-11/h1-7H,8-9H2. The van der Waals surface area contributed by atoms with E-state index in [1.165, 1.54) is 0 Å². The number of aromatic nitrogens is 2. The Balaban J connectivity index is 1.99. The van der Waals surface area contributed by atoms with Gasteiger partial charge >= 0.3 is 0 Å². The van der Waals surface area contributed by atoms with Crippen LogP contribution < -0.4 is 4.74 Å². The van der Waals surface area contributed by atoms with E-state index in [0.29, 0.717) is 18.3 Å². The SMILES string of the molecule is ClCc1ccnc(COc2ccccc2)n1. The average Bonchev–Trinajstić information content (AvgIpc) is 2.38. The average molecular weight is 235 g/mol. The summed E-state index contributed by atoms with van der Waals surface area (Å²) in [6.45, 7) is 0.356. The van der Waals surface area contributed by atoms with Crippen LogP contribution in [0.15, 0.2) is 42.6 Å². The van der Waals surface area contributed by atoms with Crippen molar-refractivity contribution >= 4 is 11.6 Å². The number of benzene rings is 1. The molecule has 3 nitrogen and oxygen atoms in total. The van der Waals surface area contributed by atoms with E-state index >= 15 is 0 Å². The van der Waals surface area contributed by atoms with E-state index in [0.717, 1.165) is 11.4 Å². The molecule has 2 rings (SSSR count). The number of nitrogens with zero attached hydrogens (tertiary/aromatic N) is 2. The lowest BCUT2D eigenvalue weighted by molar-refractivity contribution is 0.295. The molecule has 0 saturated heterocycles. The first-order valence-corrected chi connectivity index (χ1v) is 5.46. The fourth-order valence-electron chi connectivity index (χ4n) is 1.25. The number of ether oxygens (including phenoxy) is 1. The van der Waals surface area contributed by atoms with Crippen molar-refractivity contribution in [1.82, 2.24) is 9.97 Å². The van der Waals surface area contributed by atoms with Crippen LogP contribution in [0.4, 0.5) is 0 Å². The Labute approximate surface area is 99.1 Å². The Morgan fingerprint density at radius 2 is 1.94 bits per heavy atom. The summed E-state index contributed by atoms with van der Waals surface area (Å²) in [5, 5.41) is 0. The highest BCUT2D eigenvalue weighted by Gasteiger charge is 1.99. The van der Waals surface area contributed by atoms with Crippen LogP contribution in [0.5, 0.6) is 5.75 Å². The largest absolute Gasteiger partial charge is 0.486 e. The van der Waals surface area contributed by atoms with Crippen LogP contribution in [0.2, 0.25) is 0 Å². The maximum Gasteiger partial charge on any atom is 0.166 e. The molecule has 0 aliphatic carbocycles. The monoisotopic (exact) mass is 234 g/mol. The van der Waals surface area contributed by atoms with E-state index in [9.17, 15) is 0 Å². The van der Waals surface area contributed by atoms with Gasteiger partial charge in [0.25, 0.3) is 0 Å². The minimum atomic E-state index is 0.356. The molecule has 1 aromatic heterocycles. The zero-order chi connectivity index (χ0) is 11.2. The highest BCUT2D eigenvalue weighted by molar-refractivity contribution is 6.16. The van der Waals surface area contributed by atoms with Gasteiger partial charge in [-0.2, -0.15) is 0 Å². The molecule has 4 heteroatoms. The normalized spacial score (nSPS) is 10.1. The molecule has 0 atom stereocenters. The number of halogens is 1. The minimum Gasteiger partial charge on any atom is -0.486 e. The molecule has 0 amide bonds. The van der Waals surface area contributed by atoms with E-state index in [-0.39, 0.29) is 0 Å². The lowest BCUT2D eigenvalue weighted by Gasteiger charge is -2.05. The van der Waals surface area contributed by atoms with E-state index in [1.54, 1.807) is 12.3 Å². The molecule has 1 aromatic carbocycles. The molecule has 0 N–H and O–H groups in total. The van der Waals surface area contributed by atoms with Gasteiger partial charge in [-0.3, -0.25) is 0 Å². The number of hydrogen-bond donors (Lipinski definition) is 0. The Morgan fingerprint density at radius 1 is 1.12 bits per heavy atom. The van der Waals surface area contributed by atoms with E-state index in [4.69, 9.17) is 16.3 Å². The Kier molecular flexibility index (Phi) is 3.72. The van der Waals surface area contributed by atoms with Crippen LogP contribution >= 0.6 is 11.6 Å². The lowest BCUT2D eigenvalue weighted by atomic mass is 10.3. The van der Waals surface area contributed by atoms with Gasteiger partial charge in [0.2, 0.25) is 0 Å². The maximum absolute atomic E-state index is 5.68. The van der Waals surface area contributed by atoms with Gasteiger partial charge in [0.1, 0.15) is 12.4 Å². The lowest BCUT2D eigenvalue weighted by Crippen LogP contribution is -2.02. The summed E-state index contributed by atoms with van der Waals surface area (Å²) in [4.78, 5) is 8.35. The van der Waals surface area contributed by atoms with Crippen LogP contribution in [0.25, 0.3) is 0 Å². The molecule has 0 saturated carbocycles. The Bertz CT molecular complexity index is 448. The van der Waals surface area contributed by atoms with Crippen LogP contribution in [0.3, 0.4) is 0 Å². The molecule has 16 heavy (non-hydrogen) atoms. The molecule has 0 bridgehead atoms. The zero-order valence-corrected chi connectivity index (χ0v) is 9.39. The Morgan fingerprint density at radius 3 is 2.69 bits per heavy atom. The summed E-state index contributed by atoms with van der Waals surface area (Å²) in [6.07, 6.45) is 1.69. The smallest absolute Gasteiger partial charge is 0.166 e. The molecule has 0 aliphatic rings. The predicted octanol–water partition coefficient (Wildman–Crippen LogP) is 2.79. The highest BCUT2D eigenvalue weighted by atomic mass is 35.5. The predicted molar refractivity (Wildman–Crippen MR) is 62.4 cm³/mol. The van der Waals surface area contributed by atoms with Gasteiger partial charge in [0.15, 0.2) is 5.82 Å². The molecule has 0 aliphatic heterocycles. The van der Waals surface area contributed by atoms with Crippen molar-refractivity contribution in [2.24, 2.45) is 0 Å². The van der Waals surface area contributed by atoms with Crippen molar-refractivity contribution in [1.29, 1.82) is 0 Å². The van der Waals surface area contributed by atoms with Gasteiger partial charge in [-0.25, -0.2) is 9.97 Å². The van der Waals surface area contributed by atoms with Gasteiger partial charge < -0.3 is 4.74 Å². The highest BCUT2D eigenvalue weighted by Crippen LogP contribution is 2.10. The fraction of sp³-hybridized carbons (Fsp3) is 0.167. The first-order valence-electron chi connectivity index (χ1n) is 4.93. The summed E-state index contributed by atoms with van der Waals surface area (Å²) in [7, 11) is 0. The van der Waals surface area contributed by atoms with E-state index in [2.05, 4.69) is 9.97 Å². The van der Waals surface area contributed by atoms with Crippen molar-refractivity contribution in [3.05, 3.63) is 54.1 Å².